The molecule has 2 aromatic carbocycles. The first kappa shape index (κ1) is 18.6. The number of nitrogens with one attached hydrogen (secondary N) is 2. The number of hydrogen-bond donors (Lipinski definition) is 2. The van der Waals surface area contributed by atoms with Gasteiger partial charge in [0.1, 0.15) is 12.4 Å². The Balaban J connectivity index is 1.70. The maximum atomic E-state index is 11.8. The van der Waals surface area contributed by atoms with Crippen LogP contribution < -0.4 is 15.4 Å². The summed E-state index contributed by atoms with van der Waals surface area (Å²) in [4.78, 5) is 23.5. The van der Waals surface area contributed by atoms with Gasteiger partial charge in [-0.25, -0.2) is 4.79 Å². The molecule has 2 amide bonds. The van der Waals surface area contributed by atoms with Crippen molar-refractivity contribution in [1.29, 1.82) is 0 Å². The Hall–Kier alpha value is -2.73. The average molecular weight is 363 g/mol. The number of rotatable bonds is 7. The van der Waals surface area contributed by atoms with E-state index in [4.69, 9.17) is 21.1 Å². The number of ether oxygens (including phenoxy) is 2. The molecular formula is C18H19ClN2O4. The van der Waals surface area contributed by atoms with E-state index in [2.05, 4.69) is 10.6 Å². The topological polar surface area (TPSA) is 76.7 Å². The molecule has 0 aliphatic heterocycles. The lowest BCUT2D eigenvalue weighted by Gasteiger charge is -2.10. The van der Waals surface area contributed by atoms with Gasteiger partial charge in [0.25, 0.3) is 0 Å². The second-order valence-electron chi connectivity index (χ2n) is 5.11. The maximum absolute atomic E-state index is 11.8. The van der Waals surface area contributed by atoms with E-state index >= 15 is 0 Å². The molecule has 0 unspecified atom stereocenters. The molecule has 0 aliphatic rings. The third kappa shape index (κ3) is 6.35. The summed E-state index contributed by atoms with van der Waals surface area (Å²) in [5, 5.41) is 5.79. The number of methoxy groups -OCH3 is 1. The Kier molecular flexibility index (Phi) is 7.10. The molecule has 2 rings (SSSR count). The van der Waals surface area contributed by atoms with Crippen LogP contribution in [0.25, 0.3) is 0 Å². The Morgan fingerprint density at radius 3 is 2.60 bits per heavy atom. The van der Waals surface area contributed by atoms with Gasteiger partial charge in [0.05, 0.1) is 13.5 Å². The zero-order valence-corrected chi connectivity index (χ0v) is 14.5. The number of anilines is 1. The van der Waals surface area contributed by atoms with Crippen molar-refractivity contribution in [2.45, 2.75) is 13.0 Å². The fraction of sp³-hybridized carbons (Fsp3) is 0.222. The smallest absolute Gasteiger partial charge is 0.319 e. The number of amides is 2. The van der Waals surface area contributed by atoms with Crippen molar-refractivity contribution < 1.29 is 19.1 Å². The number of benzene rings is 2. The summed E-state index contributed by atoms with van der Waals surface area (Å²) >= 11 is 5.92. The van der Waals surface area contributed by atoms with Gasteiger partial charge >= 0.3 is 12.0 Å². The van der Waals surface area contributed by atoms with Crippen molar-refractivity contribution in [3.05, 3.63) is 59.1 Å². The number of para-hydroxylation sites is 1. The highest BCUT2D eigenvalue weighted by Gasteiger charge is 2.09. The normalized spacial score (nSPS) is 10.0. The number of urea groups is 1. The molecule has 0 spiro atoms. The van der Waals surface area contributed by atoms with E-state index in [-0.39, 0.29) is 25.6 Å². The third-order valence-electron chi connectivity index (χ3n) is 3.28. The van der Waals surface area contributed by atoms with E-state index in [0.717, 1.165) is 0 Å². The fourth-order valence-electron chi connectivity index (χ4n) is 2.07. The van der Waals surface area contributed by atoms with Gasteiger partial charge in [-0.3, -0.25) is 4.79 Å². The van der Waals surface area contributed by atoms with Gasteiger partial charge < -0.3 is 20.1 Å². The molecule has 2 N–H and O–H groups in total. The van der Waals surface area contributed by atoms with E-state index in [1.54, 1.807) is 30.3 Å². The monoisotopic (exact) mass is 362 g/mol. The molecule has 0 aliphatic carbocycles. The van der Waals surface area contributed by atoms with E-state index in [1.165, 1.54) is 7.11 Å². The molecule has 0 saturated heterocycles. The first-order valence-electron chi connectivity index (χ1n) is 7.66. The summed E-state index contributed by atoms with van der Waals surface area (Å²) in [6, 6.07) is 13.7. The quantitative estimate of drug-likeness (QED) is 0.738. The molecule has 132 valence electrons. The van der Waals surface area contributed by atoms with Crippen LogP contribution >= 0.6 is 11.6 Å². The molecule has 2 aromatic rings. The van der Waals surface area contributed by atoms with Gasteiger partial charge in [0.2, 0.25) is 0 Å². The SMILES string of the molecule is COc1ccc(Cl)cc1COC(=O)CCNC(=O)Nc1ccccc1. The van der Waals surface area contributed by atoms with Gasteiger partial charge in [0.15, 0.2) is 0 Å². The van der Waals surface area contributed by atoms with Gasteiger partial charge in [-0.15, -0.1) is 0 Å². The van der Waals surface area contributed by atoms with Crippen molar-refractivity contribution in [1.82, 2.24) is 5.32 Å². The summed E-state index contributed by atoms with van der Waals surface area (Å²) in [5.74, 6) is 0.166. The predicted octanol–water partition coefficient (Wildman–Crippen LogP) is 3.60. The fourth-order valence-corrected chi connectivity index (χ4v) is 2.26. The van der Waals surface area contributed by atoms with Crippen molar-refractivity contribution in [3.63, 3.8) is 0 Å². The first-order valence-corrected chi connectivity index (χ1v) is 8.04. The van der Waals surface area contributed by atoms with E-state index in [9.17, 15) is 9.59 Å². The molecular weight excluding hydrogens is 344 g/mol. The number of carbonyl (C=O) groups excluding carboxylic acids is 2. The van der Waals surface area contributed by atoms with Crippen LogP contribution in [0.2, 0.25) is 5.02 Å². The first-order chi connectivity index (χ1) is 12.1. The van der Waals surface area contributed by atoms with E-state index < -0.39 is 5.97 Å². The van der Waals surface area contributed by atoms with Gasteiger partial charge in [-0.05, 0) is 30.3 Å². The zero-order valence-electron chi connectivity index (χ0n) is 13.8. The van der Waals surface area contributed by atoms with Crippen LogP contribution in [-0.4, -0.2) is 25.7 Å². The predicted molar refractivity (Wildman–Crippen MR) is 95.9 cm³/mol. The minimum Gasteiger partial charge on any atom is -0.496 e. The van der Waals surface area contributed by atoms with Crippen molar-refractivity contribution >= 4 is 29.3 Å². The highest BCUT2D eigenvalue weighted by molar-refractivity contribution is 6.30. The van der Waals surface area contributed by atoms with Gasteiger partial charge in [0, 0.05) is 22.8 Å². The highest BCUT2D eigenvalue weighted by Crippen LogP contribution is 2.23. The standard InChI is InChI=1S/C18H19ClN2O4/c1-24-16-8-7-14(19)11-13(16)12-25-17(22)9-10-20-18(23)21-15-5-3-2-4-6-15/h2-8,11H,9-10,12H2,1H3,(H2,20,21,23). The van der Waals surface area contributed by atoms with E-state index in [0.29, 0.717) is 22.0 Å². The summed E-state index contributed by atoms with van der Waals surface area (Å²) in [7, 11) is 1.53. The summed E-state index contributed by atoms with van der Waals surface area (Å²) in [6.45, 7) is 0.225. The Morgan fingerprint density at radius 1 is 1.12 bits per heavy atom. The van der Waals surface area contributed by atoms with E-state index in [1.807, 2.05) is 18.2 Å². The molecule has 0 aromatic heterocycles. The molecule has 0 heterocycles. The lowest BCUT2D eigenvalue weighted by molar-refractivity contribution is -0.144. The highest BCUT2D eigenvalue weighted by atomic mass is 35.5. The molecule has 0 atom stereocenters. The third-order valence-corrected chi connectivity index (χ3v) is 3.51. The largest absolute Gasteiger partial charge is 0.496 e. The molecule has 0 saturated carbocycles. The minimum atomic E-state index is -0.429. The summed E-state index contributed by atoms with van der Waals surface area (Å²) in [5.41, 5.74) is 1.36. The van der Waals surface area contributed by atoms with Crippen LogP contribution in [-0.2, 0) is 16.1 Å². The van der Waals surface area contributed by atoms with Gasteiger partial charge in [-0.2, -0.15) is 0 Å². The summed E-state index contributed by atoms with van der Waals surface area (Å²) in [6.07, 6.45) is 0.0606. The summed E-state index contributed by atoms with van der Waals surface area (Å²) < 4.78 is 10.4. The molecule has 6 nitrogen and oxygen atoms in total. The number of carbonyl (C=O) groups is 2. The van der Waals surface area contributed by atoms with Crippen LogP contribution in [0.3, 0.4) is 0 Å². The van der Waals surface area contributed by atoms with Crippen molar-refractivity contribution in [2.24, 2.45) is 0 Å². The molecule has 25 heavy (non-hydrogen) atoms. The maximum Gasteiger partial charge on any atom is 0.319 e. The minimum absolute atomic E-state index is 0.0543. The number of hydrogen-bond acceptors (Lipinski definition) is 4. The second kappa shape index (κ2) is 9.54. The van der Waals surface area contributed by atoms with Crippen LogP contribution in [0.5, 0.6) is 5.75 Å². The molecule has 0 fully saturated rings. The second-order valence-corrected chi connectivity index (χ2v) is 5.55. The van der Waals surface area contributed by atoms with Crippen molar-refractivity contribution in [3.8, 4) is 5.75 Å². The Morgan fingerprint density at radius 2 is 1.88 bits per heavy atom. The van der Waals surface area contributed by atoms with Crippen LogP contribution in [0.1, 0.15) is 12.0 Å². The Bertz CT molecular complexity index is 722. The van der Waals surface area contributed by atoms with Crippen LogP contribution in [0, 0.1) is 0 Å². The lowest BCUT2D eigenvalue weighted by atomic mass is 10.2. The molecule has 7 heteroatoms. The van der Waals surface area contributed by atoms with Crippen LogP contribution in [0.15, 0.2) is 48.5 Å². The van der Waals surface area contributed by atoms with Gasteiger partial charge in [-0.1, -0.05) is 29.8 Å². The number of esters is 1. The molecule has 0 radical (unpaired) electrons. The average Bonchev–Trinajstić information content (AvgIpc) is 2.61. The van der Waals surface area contributed by atoms with Crippen LogP contribution in [0.4, 0.5) is 10.5 Å². The van der Waals surface area contributed by atoms with Crippen molar-refractivity contribution in [2.75, 3.05) is 19.0 Å². The Labute approximate surface area is 151 Å². The lowest BCUT2D eigenvalue weighted by Crippen LogP contribution is -2.30. The number of halogens is 1. The zero-order chi connectivity index (χ0) is 18.1. The molecule has 0 bridgehead atoms.